The Hall–Kier alpha value is -2.54. The summed E-state index contributed by atoms with van der Waals surface area (Å²) in [6.07, 6.45) is 4.40. The Bertz CT molecular complexity index is 967. The van der Waals surface area contributed by atoms with Crippen molar-refractivity contribution in [2.75, 3.05) is 5.75 Å². The minimum Gasteiger partial charge on any atom is -0.294 e. The van der Waals surface area contributed by atoms with Crippen LogP contribution in [-0.4, -0.2) is 31.1 Å². The highest BCUT2D eigenvalue weighted by Crippen LogP contribution is 2.32. The second-order valence-corrected chi connectivity index (χ2v) is 6.89. The molecule has 2 aromatic heterocycles. The molecule has 7 heteroatoms. The topological polar surface area (TPSA) is 60.1 Å². The molecule has 0 fully saturated rings. The number of halogens is 1. The van der Waals surface area contributed by atoms with E-state index in [2.05, 4.69) is 21.6 Å². The van der Waals surface area contributed by atoms with Crippen LogP contribution < -0.4 is 0 Å². The van der Waals surface area contributed by atoms with E-state index >= 15 is 0 Å². The molecule has 126 valence electrons. The molecule has 0 bridgehead atoms. The van der Waals surface area contributed by atoms with Crippen LogP contribution >= 0.6 is 11.8 Å². The number of hydrogen-bond acceptors (Lipinski definition) is 5. The van der Waals surface area contributed by atoms with Crippen molar-refractivity contribution in [2.45, 2.75) is 23.9 Å². The Morgan fingerprint density at radius 3 is 2.88 bits per heavy atom. The highest BCUT2D eigenvalue weighted by atomic mass is 32.2. The molecule has 25 heavy (non-hydrogen) atoms. The van der Waals surface area contributed by atoms with Gasteiger partial charge in [0.05, 0.1) is 11.3 Å². The molecule has 0 spiro atoms. The van der Waals surface area contributed by atoms with Gasteiger partial charge in [0, 0.05) is 18.4 Å². The van der Waals surface area contributed by atoms with Crippen LogP contribution in [0, 0.1) is 5.82 Å². The smallest absolute Gasteiger partial charge is 0.253 e. The summed E-state index contributed by atoms with van der Waals surface area (Å²) in [4.78, 5) is 21.2. The predicted octanol–water partition coefficient (Wildman–Crippen LogP) is 3.45. The third kappa shape index (κ3) is 2.95. The molecule has 0 N–H and O–H groups in total. The van der Waals surface area contributed by atoms with E-state index in [-0.39, 0.29) is 17.5 Å². The summed E-state index contributed by atoms with van der Waals surface area (Å²) in [6, 6.07) is 6.33. The lowest BCUT2D eigenvalue weighted by atomic mass is 9.82. The third-order valence-corrected chi connectivity index (χ3v) is 5.12. The first-order chi connectivity index (χ1) is 12.2. The van der Waals surface area contributed by atoms with E-state index in [1.807, 2.05) is 0 Å². The van der Waals surface area contributed by atoms with Gasteiger partial charge in [0.1, 0.15) is 5.82 Å². The van der Waals surface area contributed by atoms with Gasteiger partial charge in [0.2, 0.25) is 5.16 Å². The average Bonchev–Trinajstić information content (AvgIpc) is 3.04. The van der Waals surface area contributed by atoms with Gasteiger partial charge in [-0.1, -0.05) is 30.0 Å². The number of benzene rings is 1. The quantitative estimate of drug-likeness (QED) is 0.530. The van der Waals surface area contributed by atoms with Gasteiger partial charge in [0.25, 0.3) is 5.78 Å². The SMILES string of the molecule is C=CCSc1nc2ncc3c(n2n1)CC(c1ccc(F)cc1)CC3=O. The molecular formula is C18H15FN4OS. The fourth-order valence-electron chi connectivity index (χ4n) is 3.09. The monoisotopic (exact) mass is 354 g/mol. The van der Waals surface area contributed by atoms with E-state index < -0.39 is 0 Å². The summed E-state index contributed by atoms with van der Waals surface area (Å²) in [7, 11) is 0. The van der Waals surface area contributed by atoms with E-state index in [9.17, 15) is 9.18 Å². The van der Waals surface area contributed by atoms with Crippen molar-refractivity contribution in [1.82, 2.24) is 19.6 Å². The molecule has 1 unspecified atom stereocenters. The number of rotatable bonds is 4. The lowest BCUT2D eigenvalue weighted by Gasteiger charge is -2.23. The Labute approximate surface area is 148 Å². The second kappa shape index (κ2) is 6.40. The van der Waals surface area contributed by atoms with E-state index in [1.54, 1.807) is 28.9 Å². The minimum absolute atomic E-state index is 0.000298. The molecule has 5 nitrogen and oxygen atoms in total. The van der Waals surface area contributed by atoms with Crippen LogP contribution in [0.3, 0.4) is 0 Å². The number of fused-ring (bicyclic) bond motifs is 3. The van der Waals surface area contributed by atoms with Crippen LogP contribution in [0.2, 0.25) is 0 Å². The summed E-state index contributed by atoms with van der Waals surface area (Å²) < 4.78 is 14.8. The lowest BCUT2D eigenvalue weighted by molar-refractivity contribution is 0.0962. The Kier molecular flexibility index (Phi) is 4.09. The lowest BCUT2D eigenvalue weighted by Crippen LogP contribution is -2.22. The number of nitrogens with zero attached hydrogens (tertiary/aromatic N) is 4. The second-order valence-electron chi connectivity index (χ2n) is 5.90. The summed E-state index contributed by atoms with van der Waals surface area (Å²) in [5.41, 5.74) is 2.36. The number of carbonyl (C=O) groups excluding carboxylic acids is 1. The number of Topliss-reactive ketones (excluding diaryl/α,β-unsaturated/α-hetero) is 1. The maximum absolute atomic E-state index is 13.2. The summed E-state index contributed by atoms with van der Waals surface area (Å²) in [6.45, 7) is 3.69. The number of carbonyl (C=O) groups is 1. The van der Waals surface area contributed by atoms with Crippen LogP contribution in [0.5, 0.6) is 0 Å². The van der Waals surface area contributed by atoms with Crippen molar-refractivity contribution in [3.05, 3.63) is 65.8 Å². The molecule has 0 radical (unpaired) electrons. The molecule has 1 aromatic carbocycles. The highest BCUT2D eigenvalue weighted by Gasteiger charge is 2.29. The van der Waals surface area contributed by atoms with Crippen LogP contribution in [0.25, 0.3) is 5.78 Å². The van der Waals surface area contributed by atoms with Gasteiger partial charge in [-0.25, -0.2) is 9.37 Å². The zero-order valence-corrected chi connectivity index (χ0v) is 14.2. The zero-order chi connectivity index (χ0) is 17.4. The van der Waals surface area contributed by atoms with Crippen molar-refractivity contribution in [3.8, 4) is 0 Å². The van der Waals surface area contributed by atoms with Crippen molar-refractivity contribution in [1.29, 1.82) is 0 Å². The van der Waals surface area contributed by atoms with Crippen molar-refractivity contribution < 1.29 is 9.18 Å². The Morgan fingerprint density at radius 2 is 2.12 bits per heavy atom. The molecule has 1 atom stereocenters. The first kappa shape index (κ1) is 16.0. The van der Waals surface area contributed by atoms with Crippen molar-refractivity contribution in [3.63, 3.8) is 0 Å². The standard InChI is InChI=1S/C18H15FN4OS/c1-2-7-25-18-21-17-20-10-14-15(23(17)22-18)8-12(9-16(14)24)11-3-5-13(19)6-4-11/h2-6,10,12H,1,7-9H2. The van der Waals surface area contributed by atoms with Gasteiger partial charge in [-0.3, -0.25) is 4.79 Å². The highest BCUT2D eigenvalue weighted by molar-refractivity contribution is 7.99. The number of thioether (sulfide) groups is 1. The van der Waals surface area contributed by atoms with E-state index in [0.29, 0.717) is 35.1 Å². The molecular weight excluding hydrogens is 339 g/mol. The fourth-order valence-corrected chi connectivity index (χ4v) is 3.65. The molecule has 1 aliphatic rings. The van der Waals surface area contributed by atoms with Crippen LogP contribution in [0.15, 0.2) is 48.3 Å². The van der Waals surface area contributed by atoms with E-state index in [1.165, 1.54) is 23.9 Å². The maximum atomic E-state index is 13.2. The minimum atomic E-state index is -0.280. The molecule has 3 aromatic rings. The van der Waals surface area contributed by atoms with Gasteiger partial charge in [-0.05, 0) is 30.0 Å². The number of ketones is 1. The van der Waals surface area contributed by atoms with E-state index in [4.69, 9.17) is 0 Å². The van der Waals surface area contributed by atoms with Crippen molar-refractivity contribution >= 4 is 23.3 Å². The molecule has 2 heterocycles. The zero-order valence-electron chi connectivity index (χ0n) is 13.4. The fraction of sp³-hybridized carbons (Fsp3) is 0.222. The molecule has 0 amide bonds. The molecule has 0 saturated carbocycles. The molecule has 0 saturated heterocycles. The van der Waals surface area contributed by atoms with Gasteiger partial charge in [-0.2, -0.15) is 9.50 Å². The van der Waals surface area contributed by atoms with Gasteiger partial charge in [-0.15, -0.1) is 11.7 Å². The maximum Gasteiger partial charge on any atom is 0.253 e. The molecule has 0 aliphatic heterocycles. The predicted molar refractivity (Wildman–Crippen MR) is 93.5 cm³/mol. The van der Waals surface area contributed by atoms with Gasteiger partial charge < -0.3 is 0 Å². The summed E-state index contributed by atoms with van der Waals surface area (Å²) in [5, 5.41) is 5.09. The van der Waals surface area contributed by atoms with Crippen LogP contribution in [0.1, 0.15) is 34.0 Å². The number of aromatic nitrogens is 4. The summed E-state index contributed by atoms with van der Waals surface area (Å²) >= 11 is 1.47. The normalized spacial score (nSPS) is 16.8. The van der Waals surface area contributed by atoms with Gasteiger partial charge in [0.15, 0.2) is 5.78 Å². The third-order valence-electron chi connectivity index (χ3n) is 4.29. The summed E-state index contributed by atoms with van der Waals surface area (Å²) in [5.74, 6) is 0.937. The Morgan fingerprint density at radius 1 is 1.32 bits per heavy atom. The Balaban J connectivity index is 1.75. The first-order valence-corrected chi connectivity index (χ1v) is 8.91. The largest absolute Gasteiger partial charge is 0.294 e. The van der Waals surface area contributed by atoms with Crippen molar-refractivity contribution in [2.24, 2.45) is 0 Å². The first-order valence-electron chi connectivity index (χ1n) is 7.92. The molecule has 4 rings (SSSR count). The number of hydrogen-bond donors (Lipinski definition) is 0. The van der Waals surface area contributed by atoms with Crippen LogP contribution in [-0.2, 0) is 6.42 Å². The van der Waals surface area contributed by atoms with Gasteiger partial charge >= 0.3 is 0 Å². The van der Waals surface area contributed by atoms with Crippen LogP contribution in [0.4, 0.5) is 4.39 Å². The average molecular weight is 354 g/mol. The van der Waals surface area contributed by atoms with E-state index in [0.717, 1.165) is 11.3 Å². The molecule has 1 aliphatic carbocycles.